The summed E-state index contributed by atoms with van der Waals surface area (Å²) >= 11 is 2.87. The minimum Gasteiger partial charge on any atom is -0.462 e. The molecule has 1 aromatic heterocycles. The van der Waals surface area contributed by atoms with E-state index in [2.05, 4.69) is 5.32 Å². The summed E-state index contributed by atoms with van der Waals surface area (Å²) in [5, 5.41) is 3.21. The quantitative estimate of drug-likeness (QED) is 0.291. The molecule has 2 aromatic carbocycles. The summed E-state index contributed by atoms with van der Waals surface area (Å²) in [6, 6.07) is 13.5. The van der Waals surface area contributed by atoms with Crippen molar-refractivity contribution in [2.24, 2.45) is 0 Å². The number of thiophene rings is 1. The third kappa shape index (κ3) is 5.45. The number of hydrogen-bond acceptors (Lipinski definition) is 7. The van der Waals surface area contributed by atoms with E-state index in [-0.39, 0.29) is 11.5 Å². The second-order valence-electron chi connectivity index (χ2n) is 8.35. The van der Waals surface area contributed by atoms with Gasteiger partial charge in [-0.1, -0.05) is 17.7 Å². The molecule has 1 aliphatic carbocycles. The van der Waals surface area contributed by atoms with E-state index in [1.165, 1.54) is 23.1 Å². The molecule has 0 unspecified atom stereocenters. The first-order valence-electron chi connectivity index (χ1n) is 11.6. The Kier molecular flexibility index (Phi) is 8.07. The number of carbonyl (C=O) groups is 2. The Bertz CT molecular complexity index is 1360. The number of esters is 1. The summed E-state index contributed by atoms with van der Waals surface area (Å²) < 4.78 is 33.6. The summed E-state index contributed by atoms with van der Waals surface area (Å²) in [5.74, 6) is -1.01. The van der Waals surface area contributed by atoms with Gasteiger partial charge in [-0.05, 0) is 81.3 Å². The maximum Gasteiger partial charge on any atom is 0.341 e. The summed E-state index contributed by atoms with van der Waals surface area (Å²) in [6.45, 7) is 3.42. The molecule has 1 amide bonds. The van der Waals surface area contributed by atoms with Crippen LogP contribution in [0.1, 0.15) is 39.7 Å². The number of amides is 1. The molecule has 7 nitrogen and oxygen atoms in total. The van der Waals surface area contributed by atoms with Crippen LogP contribution in [0.3, 0.4) is 0 Å². The zero-order chi connectivity index (χ0) is 25.9. The highest BCUT2D eigenvalue weighted by molar-refractivity contribution is 7.98. The van der Waals surface area contributed by atoms with Gasteiger partial charge in [0.15, 0.2) is 0 Å². The van der Waals surface area contributed by atoms with E-state index >= 15 is 0 Å². The molecule has 0 bridgehead atoms. The van der Waals surface area contributed by atoms with Gasteiger partial charge in [-0.25, -0.2) is 13.2 Å². The van der Waals surface area contributed by atoms with Crippen molar-refractivity contribution in [2.45, 2.75) is 42.9 Å². The van der Waals surface area contributed by atoms with E-state index in [1.807, 2.05) is 13.2 Å². The molecule has 0 aliphatic heterocycles. The fraction of sp³-hybridized carbons (Fsp3) is 0.308. The fourth-order valence-electron chi connectivity index (χ4n) is 4.11. The molecule has 0 saturated heterocycles. The van der Waals surface area contributed by atoms with E-state index in [9.17, 15) is 18.0 Å². The van der Waals surface area contributed by atoms with Crippen molar-refractivity contribution in [3.63, 3.8) is 0 Å². The number of sulfonamides is 1. The standard InChI is InChI=1S/C26H28N2O5S3/c1-4-33-26(30)24-21-6-5-7-22(21)35-25(24)27-23(29)16-28(18-10-8-17(2)9-11-18)36(31,32)20-14-12-19(34-3)13-15-20/h8-15H,4-7,16H2,1-3H3,(H,27,29). The summed E-state index contributed by atoms with van der Waals surface area (Å²) in [4.78, 5) is 28.0. The lowest BCUT2D eigenvalue weighted by molar-refractivity contribution is -0.114. The summed E-state index contributed by atoms with van der Waals surface area (Å²) in [5.41, 5.74) is 2.66. The van der Waals surface area contributed by atoms with Crippen LogP contribution in [0.4, 0.5) is 10.7 Å². The number of benzene rings is 2. The van der Waals surface area contributed by atoms with Gasteiger partial charge in [0.25, 0.3) is 10.0 Å². The molecule has 0 fully saturated rings. The molecule has 4 rings (SSSR count). The van der Waals surface area contributed by atoms with Crippen LogP contribution in [0.2, 0.25) is 0 Å². The number of carbonyl (C=O) groups excluding carboxylic acids is 2. The summed E-state index contributed by atoms with van der Waals surface area (Å²) in [7, 11) is -4.04. The van der Waals surface area contributed by atoms with Crippen molar-refractivity contribution in [2.75, 3.05) is 29.0 Å². The number of anilines is 2. The van der Waals surface area contributed by atoms with Crippen molar-refractivity contribution in [3.05, 3.63) is 70.1 Å². The van der Waals surface area contributed by atoms with Crippen LogP contribution in [0.25, 0.3) is 0 Å². The molecule has 0 spiro atoms. The van der Waals surface area contributed by atoms with Crippen LogP contribution >= 0.6 is 23.1 Å². The molecular formula is C26H28N2O5S3. The minimum absolute atomic E-state index is 0.0935. The third-order valence-electron chi connectivity index (χ3n) is 5.91. The van der Waals surface area contributed by atoms with Gasteiger partial charge in [0.05, 0.1) is 22.8 Å². The number of ether oxygens (including phenoxy) is 1. The second-order valence-corrected chi connectivity index (χ2v) is 12.2. The van der Waals surface area contributed by atoms with Gasteiger partial charge < -0.3 is 10.1 Å². The molecule has 0 radical (unpaired) electrons. The average Bonchev–Trinajstić information content (AvgIpc) is 3.44. The third-order valence-corrected chi connectivity index (χ3v) is 9.65. The zero-order valence-electron chi connectivity index (χ0n) is 20.4. The highest BCUT2D eigenvalue weighted by Crippen LogP contribution is 2.39. The smallest absolute Gasteiger partial charge is 0.341 e. The Balaban J connectivity index is 1.65. The normalized spacial score (nSPS) is 12.8. The highest BCUT2D eigenvalue weighted by Gasteiger charge is 2.31. The molecule has 1 heterocycles. The Morgan fingerprint density at radius 1 is 1.08 bits per heavy atom. The average molecular weight is 545 g/mol. The van der Waals surface area contributed by atoms with Crippen LogP contribution < -0.4 is 9.62 Å². The SMILES string of the molecule is CCOC(=O)c1c(NC(=O)CN(c2ccc(C)cc2)S(=O)(=O)c2ccc(SC)cc2)sc2c1CCC2. The zero-order valence-corrected chi connectivity index (χ0v) is 22.8. The van der Waals surface area contributed by atoms with E-state index < -0.39 is 28.4 Å². The largest absolute Gasteiger partial charge is 0.462 e. The number of hydrogen-bond donors (Lipinski definition) is 1. The maximum atomic E-state index is 13.6. The van der Waals surface area contributed by atoms with Crippen molar-refractivity contribution < 1.29 is 22.7 Å². The van der Waals surface area contributed by atoms with E-state index in [4.69, 9.17) is 4.74 Å². The lowest BCUT2D eigenvalue weighted by Crippen LogP contribution is -2.38. The highest BCUT2D eigenvalue weighted by atomic mass is 32.2. The molecule has 1 aliphatic rings. The second kappa shape index (κ2) is 11.1. The summed E-state index contributed by atoms with van der Waals surface area (Å²) in [6.07, 6.45) is 4.47. The van der Waals surface area contributed by atoms with Crippen LogP contribution in [0.15, 0.2) is 58.3 Å². The fourth-order valence-corrected chi connectivity index (χ4v) is 7.23. The number of rotatable bonds is 9. The van der Waals surface area contributed by atoms with E-state index in [1.54, 1.807) is 55.5 Å². The Hall–Kier alpha value is -2.82. The molecular weight excluding hydrogens is 516 g/mol. The Morgan fingerprint density at radius 2 is 1.78 bits per heavy atom. The Labute approximate surface area is 219 Å². The van der Waals surface area contributed by atoms with Crippen molar-refractivity contribution in [3.8, 4) is 0 Å². The van der Waals surface area contributed by atoms with Gasteiger partial charge in [-0.2, -0.15) is 0 Å². The Morgan fingerprint density at radius 3 is 2.42 bits per heavy atom. The van der Waals surface area contributed by atoms with Gasteiger partial charge >= 0.3 is 5.97 Å². The van der Waals surface area contributed by atoms with Gasteiger partial charge in [0, 0.05) is 9.77 Å². The lowest BCUT2D eigenvalue weighted by Gasteiger charge is -2.24. The predicted molar refractivity (Wildman–Crippen MR) is 145 cm³/mol. The van der Waals surface area contributed by atoms with Gasteiger partial charge in [-0.15, -0.1) is 23.1 Å². The number of nitrogens with one attached hydrogen (secondary N) is 1. The molecule has 0 atom stereocenters. The monoisotopic (exact) mass is 544 g/mol. The minimum atomic E-state index is -4.04. The topological polar surface area (TPSA) is 92.8 Å². The van der Waals surface area contributed by atoms with Crippen LogP contribution in [-0.4, -0.2) is 39.7 Å². The van der Waals surface area contributed by atoms with Gasteiger partial charge in [0.1, 0.15) is 11.5 Å². The van der Waals surface area contributed by atoms with Gasteiger partial charge in [0.2, 0.25) is 5.91 Å². The van der Waals surface area contributed by atoms with E-state index in [0.29, 0.717) is 16.3 Å². The lowest BCUT2D eigenvalue weighted by atomic mass is 10.1. The van der Waals surface area contributed by atoms with Crippen LogP contribution in [-0.2, 0) is 32.4 Å². The first-order valence-corrected chi connectivity index (χ1v) is 15.1. The molecule has 190 valence electrons. The van der Waals surface area contributed by atoms with Crippen LogP contribution in [0, 0.1) is 6.92 Å². The van der Waals surface area contributed by atoms with E-state index in [0.717, 1.165) is 44.5 Å². The van der Waals surface area contributed by atoms with Crippen molar-refractivity contribution in [1.82, 2.24) is 0 Å². The molecule has 36 heavy (non-hydrogen) atoms. The maximum absolute atomic E-state index is 13.6. The number of fused-ring (bicyclic) bond motifs is 1. The van der Waals surface area contributed by atoms with Crippen molar-refractivity contribution >= 4 is 55.7 Å². The first kappa shape index (κ1) is 26.2. The number of aryl methyl sites for hydroxylation is 2. The first-order chi connectivity index (χ1) is 17.2. The van der Waals surface area contributed by atoms with Crippen LogP contribution in [0.5, 0.6) is 0 Å². The van der Waals surface area contributed by atoms with Crippen molar-refractivity contribution in [1.29, 1.82) is 0 Å². The number of thioether (sulfide) groups is 1. The molecule has 1 N–H and O–H groups in total. The number of nitrogens with zero attached hydrogens (tertiary/aromatic N) is 1. The molecule has 0 saturated carbocycles. The molecule has 3 aromatic rings. The van der Waals surface area contributed by atoms with Gasteiger partial charge in [-0.3, -0.25) is 9.10 Å². The molecule has 10 heteroatoms. The predicted octanol–water partition coefficient (Wildman–Crippen LogP) is 5.28.